The smallest absolute Gasteiger partial charge is 0.242 e. The number of nitrogens with one attached hydrogen (secondary N) is 3. The molecule has 0 radical (unpaired) electrons. The van der Waals surface area contributed by atoms with E-state index >= 15 is 0 Å². The number of hydrogen-bond acceptors (Lipinski definition) is 6. The number of likely N-dealkylation sites (N-methyl/N-ethyl adjacent to an activating group) is 1. The molecule has 0 fully saturated rings. The van der Waals surface area contributed by atoms with Gasteiger partial charge in [-0.1, -0.05) is 20.8 Å². The molecule has 8 heteroatoms. The maximum Gasteiger partial charge on any atom is 0.242 e. The van der Waals surface area contributed by atoms with Crippen molar-refractivity contribution < 1.29 is 9.53 Å². The summed E-state index contributed by atoms with van der Waals surface area (Å²) >= 11 is 0. The van der Waals surface area contributed by atoms with E-state index in [1.165, 1.54) is 0 Å². The Kier molecular flexibility index (Phi) is 6.08. The van der Waals surface area contributed by atoms with E-state index in [9.17, 15) is 4.79 Å². The fraction of sp³-hybridized carbons (Fsp3) is 0.529. The molecule has 0 unspecified atom stereocenters. The Morgan fingerprint density at radius 2 is 2.12 bits per heavy atom. The number of anilines is 1. The lowest BCUT2D eigenvalue weighted by atomic mass is 9.95. The first kappa shape index (κ1) is 18.9. The van der Waals surface area contributed by atoms with Gasteiger partial charge in [0.05, 0.1) is 18.6 Å². The minimum Gasteiger partial charge on any atom is -0.378 e. The maximum absolute atomic E-state index is 12.3. The van der Waals surface area contributed by atoms with Gasteiger partial charge in [0, 0.05) is 44.0 Å². The number of amides is 1. The summed E-state index contributed by atoms with van der Waals surface area (Å²) in [6, 6.07) is 1.32. The highest BCUT2D eigenvalue weighted by molar-refractivity contribution is 5.84. The lowest BCUT2D eigenvalue weighted by Crippen LogP contribution is -2.40. The van der Waals surface area contributed by atoms with E-state index in [1.807, 2.05) is 26.8 Å². The summed E-state index contributed by atoms with van der Waals surface area (Å²) in [7, 11) is 3.23. The normalized spacial score (nSPS) is 12.7. The summed E-state index contributed by atoms with van der Waals surface area (Å²) < 4.78 is 5.20. The minimum absolute atomic E-state index is 0.126. The number of carbonyl (C=O) groups is 1. The summed E-state index contributed by atoms with van der Waals surface area (Å²) in [5.74, 6) is 1.17. The van der Waals surface area contributed by atoms with Crippen LogP contribution in [0.25, 0.3) is 0 Å². The van der Waals surface area contributed by atoms with Crippen LogP contribution < -0.4 is 10.6 Å². The van der Waals surface area contributed by atoms with Gasteiger partial charge in [0.2, 0.25) is 5.91 Å². The number of hydrogen-bond donors (Lipinski definition) is 3. The molecule has 8 nitrogen and oxygen atoms in total. The highest BCUT2D eigenvalue weighted by Gasteiger charge is 2.22. The van der Waals surface area contributed by atoms with Crippen molar-refractivity contribution in [2.45, 2.75) is 45.3 Å². The van der Waals surface area contributed by atoms with Crippen molar-refractivity contribution in [3.8, 4) is 0 Å². The molecule has 2 aromatic heterocycles. The van der Waals surface area contributed by atoms with Gasteiger partial charge in [-0.05, 0) is 0 Å². The molecule has 1 amide bonds. The van der Waals surface area contributed by atoms with Crippen molar-refractivity contribution in [2.24, 2.45) is 0 Å². The van der Waals surface area contributed by atoms with Crippen LogP contribution in [0.1, 0.15) is 38.0 Å². The van der Waals surface area contributed by atoms with E-state index in [0.717, 1.165) is 11.4 Å². The predicted octanol–water partition coefficient (Wildman–Crippen LogP) is 1.41. The van der Waals surface area contributed by atoms with Gasteiger partial charge in [0.25, 0.3) is 0 Å². The molecule has 0 saturated carbocycles. The van der Waals surface area contributed by atoms with Crippen LogP contribution in [0.15, 0.2) is 18.6 Å². The van der Waals surface area contributed by atoms with Crippen molar-refractivity contribution >= 4 is 11.7 Å². The van der Waals surface area contributed by atoms with E-state index in [0.29, 0.717) is 24.7 Å². The Balaban J connectivity index is 2.30. The molecule has 1 atom stereocenters. The topological polar surface area (TPSA) is 105 Å². The fourth-order valence-corrected chi connectivity index (χ4v) is 2.31. The second-order valence-corrected chi connectivity index (χ2v) is 6.84. The van der Waals surface area contributed by atoms with Crippen LogP contribution in [0.5, 0.6) is 0 Å². The highest BCUT2D eigenvalue weighted by atomic mass is 16.5. The molecule has 2 rings (SSSR count). The van der Waals surface area contributed by atoms with Crippen molar-refractivity contribution in [1.29, 1.82) is 0 Å². The monoisotopic (exact) mass is 346 g/mol. The first-order chi connectivity index (χ1) is 11.8. The fourth-order valence-electron chi connectivity index (χ4n) is 2.31. The van der Waals surface area contributed by atoms with Crippen LogP contribution in [0.3, 0.4) is 0 Å². The minimum atomic E-state index is -0.483. The molecule has 2 aromatic rings. The Hall–Kier alpha value is -2.48. The number of imidazole rings is 1. The third-order valence-corrected chi connectivity index (χ3v) is 3.61. The Morgan fingerprint density at radius 3 is 2.68 bits per heavy atom. The Labute approximate surface area is 147 Å². The second kappa shape index (κ2) is 8.06. The largest absolute Gasteiger partial charge is 0.378 e. The zero-order valence-electron chi connectivity index (χ0n) is 15.4. The molecule has 0 bridgehead atoms. The summed E-state index contributed by atoms with van der Waals surface area (Å²) in [4.78, 5) is 28.4. The average molecular weight is 346 g/mol. The number of aromatic amines is 1. The zero-order chi connectivity index (χ0) is 18.4. The van der Waals surface area contributed by atoms with Crippen LogP contribution in [-0.2, 0) is 28.0 Å². The number of methoxy groups -OCH3 is 1. The van der Waals surface area contributed by atoms with Gasteiger partial charge in [-0.2, -0.15) is 0 Å². The second-order valence-electron chi connectivity index (χ2n) is 6.84. The van der Waals surface area contributed by atoms with Crippen molar-refractivity contribution in [1.82, 2.24) is 25.3 Å². The van der Waals surface area contributed by atoms with Crippen LogP contribution in [-0.4, -0.2) is 46.0 Å². The summed E-state index contributed by atoms with van der Waals surface area (Å²) in [6.45, 7) is 6.52. The van der Waals surface area contributed by atoms with Crippen molar-refractivity contribution in [2.75, 3.05) is 19.5 Å². The van der Waals surface area contributed by atoms with Crippen LogP contribution in [0, 0.1) is 0 Å². The molecule has 0 aliphatic rings. The maximum atomic E-state index is 12.3. The van der Waals surface area contributed by atoms with E-state index in [2.05, 4.69) is 30.6 Å². The quantitative estimate of drug-likeness (QED) is 0.700. The lowest BCUT2D eigenvalue weighted by molar-refractivity contribution is -0.121. The number of nitrogens with zero attached hydrogens (tertiary/aromatic N) is 3. The zero-order valence-corrected chi connectivity index (χ0v) is 15.4. The molecule has 3 N–H and O–H groups in total. The summed E-state index contributed by atoms with van der Waals surface area (Å²) in [6.07, 6.45) is 3.76. The van der Waals surface area contributed by atoms with Crippen LogP contribution in [0.2, 0.25) is 0 Å². The van der Waals surface area contributed by atoms with E-state index in [4.69, 9.17) is 4.74 Å². The summed E-state index contributed by atoms with van der Waals surface area (Å²) in [5.41, 5.74) is 1.41. The molecule has 0 aliphatic carbocycles. The molecule has 136 valence electrons. The van der Waals surface area contributed by atoms with Gasteiger partial charge in [-0.15, -0.1) is 0 Å². The Bertz CT molecular complexity index is 694. The number of ether oxygens (including phenoxy) is 1. The summed E-state index contributed by atoms with van der Waals surface area (Å²) in [5, 5.41) is 5.89. The van der Waals surface area contributed by atoms with Crippen molar-refractivity contribution in [3.63, 3.8) is 0 Å². The average Bonchev–Trinajstić information content (AvgIpc) is 3.06. The van der Waals surface area contributed by atoms with Crippen LogP contribution in [0.4, 0.5) is 5.82 Å². The van der Waals surface area contributed by atoms with E-state index in [-0.39, 0.29) is 11.3 Å². The highest BCUT2D eigenvalue weighted by Crippen LogP contribution is 2.21. The number of rotatable bonds is 7. The van der Waals surface area contributed by atoms with E-state index < -0.39 is 6.04 Å². The standard InChI is InChI=1S/C17H26N6O2/c1-17(2,3)16-21-12(9-25-5)7-14(23-16)22-13(15(24)18-4)6-11-8-19-10-20-11/h7-8,10,13H,6,9H2,1-5H3,(H,18,24)(H,19,20)(H,21,22,23)/t13-/m0/s1. The number of H-pyrrole nitrogens is 1. The molecule has 0 aliphatic heterocycles. The number of aromatic nitrogens is 4. The van der Waals surface area contributed by atoms with Gasteiger partial charge >= 0.3 is 0 Å². The molecule has 0 spiro atoms. The lowest BCUT2D eigenvalue weighted by Gasteiger charge is -2.21. The molecule has 0 saturated heterocycles. The third-order valence-electron chi connectivity index (χ3n) is 3.61. The van der Waals surface area contributed by atoms with Gasteiger partial charge in [-0.25, -0.2) is 15.0 Å². The third kappa shape index (κ3) is 5.25. The van der Waals surface area contributed by atoms with E-state index in [1.54, 1.807) is 26.7 Å². The molecule has 0 aromatic carbocycles. The van der Waals surface area contributed by atoms with Gasteiger partial charge in [0.15, 0.2) is 0 Å². The first-order valence-corrected chi connectivity index (χ1v) is 8.16. The molecular weight excluding hydrogens is 320 g/mol. The first-order valence-electron chi connectivity index (χ1n) is 8.16. The van der Waals surface area contributed by atoms with Gasteiger partial charge in [-0.3, -0.25) is 4.79 Å². The molecule has 2 heterocycles. The van der Waals surface area contributed by atoms with Crippen LogP contribution >= 0.6 is 0 Å². The van der Waals surface area contributed by atoms with Gasteiger partial charge < -0.3 is 20.4 Å². The SMILES string of the molecule is CNC(=O)[C@H](Cc1cnc[nH]1)Nc1cc(COC)nc(C(C)(C)C)n1. The molecular formula is C17H26N6O2. The number of carbonyl (C=O) groups excluding carboxylic acids is 1. The molecule has 25 heavy (non-hydrogen) atoms. The van der Waals surface area contributed by atoms with Crippen molar-refractivity contribution in [3.05, 3.63) is 35.8 Å². The Morgan fingerprint density at radius 1 is 1.36 bits per heavy atom. The predicted molar refractivity (Wildman–Crippen MR) is 95.2 cm³/mol. The van der Waals surface area contributed by atoms with Gasteiger partial charge in [0.1, 0.15) is 17.7 Å².